The van der Waals surface area contributed by atoms with Gasteiger partial charge in [0.2, 0.25) is 0 Å². The second-order valence-corrected chi connectivity index (χ2v) is 18.1. The highest BCUT2D eigenvalue weighted by atomic mass is 35.5. The molecule has 378 valence electrons. The van der Waals surface area contributed by atoms with Crippen molar-refractivity contribution in [3.63, 3.8) is 0 Å². The zero-order chi connectivity index (χ0) is 52.7. The van der Waals surface area contributed by atoms with E-state index in [9.17, 15) is 13.2 Å². The quantitative estimate of drug-likeness (QED) is 0.0752. The number of halogens is 6. The van der Waals surface area contributed by atoms with Crippen LogP contribution in [0.2, 0.25) is 15.1 Å². The second-order valence-electron chi connectivity index (χ2n) is 16.9. The van der Waals surface area contributed by atoms with Gasteiger partial charge in [-0.25, -0.2) is 13.2 Å². The van der Waals surface area contributed by atoms with E-state index in [1.54, 1.807) is 14.2 Å². The van der Waals surface area contributed by atoms with Crippen molar-refractivity contribution in [3.05, 3.63) is 221 Å². The van der Waals surface area contributed by atoms with Crippen LogP contribution in [0.4, 0.5) is 47.7 Å². The summed E-state index contributed by atoms with van der Waals surface area (Å²) in [6.07, 6.45) is 0. The van der Waals surface area contributed by atoms with Crippen LogP contribution in [0.25, 0.3) is 66.1 Å². The summed E-state index contributed by atoms with van der Waals surface area (Å²) in [7, 11) is 3.22. The number of fused-ring (bicyclic) bond motifs is 3. The van der Waals surface area contributed by atoms with Crippen LogP contribution in [0.15, 0.2) is 188 Å². The maximum Gasteiger partial charge on any atom is 0.168 e. The number of hydrogen-bond acceptors (Lipinski definition) is 8. The minimum absolute atomic E-state index is 0.0697. The summed E-state index contributed by atoms with van der Waals surface area (Å²) >= 11 is 18.7. The number of rotatable bonds is 11. The molecule has 6 N–H and O–H groups in total. The molecule has 0 saturated heterocycles. The van der Waals surface area contributed by atoms with Gasteiger partial charge in [-0.2, -0.15) is 15.3 Å². The van der Waals surface area contributed by atoms with Crippen LogP contribution in [-0.4, -0.2) is 44.8 Å². The van der Waals surface area contributed by atoms with E-state index in [0.717, 1.165) is 39.5 Å². The summed E-state index contributed by atoms with van der Waals surface area (Å²) in [6.45, 7) is 0. The Kier molecular flexibility index (Phi) is 15.1. The number of anilines is 6. The normalized spacial score (nSPS) is 10.9. The summed E-state index contributed by atoms with van der Waals surface area (Å²) in [6, 6.07) is 58.4. The van der Waals surface area contributed by atoms with Gasteiger partial charge in [0.05, 0.1) is 29.3 Å². The maximum absolute atomic E-state index is 14.8. The molecule has 0 aliphatic rings. The first-order valence-corrected chi connectivity index (χ1v) is 24.6. The Morgan fingerprint density at radius 2 is 0.697 bits per heavy atom. The Morgan fingerprint density at radius 3 is 1.07 bits per heavy atom. The van der Waals surface area contributed by atoms with Gasteiger partial charge >= 0.3 is 0 Å². The first kappa shape index (κ1) is 50.6. The molecule has 9 aromatic carbocycles. The third-order valence-corrected chi connectivity index (χ3v) is 13.3. The zero-order valence-corrected chi connectivity index (χ0v) is 42.6. The number of nitrogens with one attached hydrogen (secondary N) is 6. The molecule has 0 atom stereocenters. The van der Waals surface area contributed by atoms with E-state index in [2.05, 4.69) is 46.5 Å². The van der Waals surface area contributed by atoms with Gasteiger partial charge in [-0.05, 0) is 83.4 Å². The average molecular weight is 1070 g/mol. The molecule has 11 nitrogen and oxygen atoms in total. The summed E-state index contributed by atoms with van der Waals surface area (Å²) in [5.41, 5.74) is 7.72. The number of hydrogen-bond donors (Lipinski definition) is 6. The van der Waals surface area contributed by atoms with Crippen LogP contribution in [0.3, 0.4) is 0 Å². The molecular formula is C59H43Cl3F3N9O2. The highest BCUT2D eigenvalue weighted by Crippen LogP contribution is 2.41. The van der Waals surface area contributed by atoms with E-state index in [-0.39, 0.29) is 31.6 Å². The molecule has 12 aromatic rings. The van der Waals surface area contributed by atoms with Crippen molar-refractivity contribution in [3.8, 4) is 44.9 Å². The average Bonchev–Trinajstić information content (AvgIpc) is 4.22. The molecule has 0 unspecified atom stereocenters. The Balaban J connectivity index is 0.000000130. The summed E-state index contributed by atoms with van der Waals surface area (Å²) in [4.78, 5) is 0. The van der Waals surface area contributed by atoms with Crippen LogP contribution >= 0.6 is 34.8 Å². The van der Waals surface area contributed by atoms with Crippen molar-refractivity contribution in [1.82, 2.24) is 30.6 Å². The molecule has 3 aromatic heterocycles. The standard InChI is InChI=1S/2C20H15ClFN3O.C19H13ClFN3/c1-26-14-9-5-8-13(10-14)23-20-16-11-15(12-6-3-2-4-7-12)17(21)18(22)19(16)24-25-20;1-26-14-9-7-13(8-10-14)23-20-16-11-15(12-5-3-2-4-6-12)17(21)18(22)19(16)24-25-20;20-16-14(12-7-3-1-4-8-12)11-15-18(17(16)21)23-24-19(15)22-13-9-5-2-6-10-13/h2*2-11H,1H3,(H2,23,24,25);1-11H,(H2,22,23,24). The van der Waals surface area contributed by atoms with Gasteiger partial charge in [0.25, 0.3) is 0 Å². The smallest absolute Gasteiger partial charge is 0.168 e. The first-order valence-electron chi connectivity index (χ1n) is 23.5. The van der Waals surface area contributed by atoms with Gasteiger partial charge in [0.1, 0.15) is 28.0 Å². The lowest BCUT2D eigenvalue weighted by Crippen LogP contribution is -1.93. The summed E-state index contributed by atoms with van der Waals surface area (Å²) < 4.78 is 54.6. The molecular weight excluding hydrogens is 1030 g/mol. The lowest BCUT2D eigenvalue weighted by molar-refractivity contribution is 0.415. The van der Waals surface area contributed by atoms with Crippen LogP contribution in [-0.2, 0) is 0 Å². The molecule has 76 heavy (non-hydrogen) atoms. The van der Waals surface area contributed by atoms with Gasteiger partial charge < -0.3 is 25.4 Å². The number of ether oxygens (including phenoxy) is 2. The number of aromatic nitrogens is 6. The topological polar surface area (TPSA) is 141 Å². The Labute approximate surface area is 448 Å². The molecule has 3 heterocycles. The number of nitrogens with zero attached hydrogens (tertiary/aromatic N) is 3. The molecule has 12 rings (SSSR count). The van der Waals surface area contributed by atoms with E-state index >= 15 is 0 Å². The molecule has 0 saturated carbocycles. The van der Waals surface area contributed by atoms with E-state index < -0.39 is 17.5 Å². The van der Waals surface area contributed by atoms with Crippen molar-refractivity contribution in [2.75, 3.05) is 30.2 Å². The molecule has 0 bridgehead atoms. The SMILES string of the molecule is COc1ccc(Nc2n[nH]c3c(F)c(Cl)c(-c4ccccc4)cc23)cc1.COc1cccc(Nc2n[nH]c3c(F)c(Cl)c(-c4ccccc4)cc23)c1.Fc1c(Cl)c(-c2ccccc2)cc2c(Nc3ccccc3)n[nH]c12. The van der Waals surface area contributed by atoms with Crippen molar-refractivity contribution < 1.29 is 22.6 Å². The first-order chi connectivity index (χ1) is 37.1. The Morgan fingerprint density at radius 1 is 0.368 bits per heavy atom. The number of benzene rings is 9. The number of methoxy groups -OCH3 is 2. The van der Waals surface area contributed by atoms with Crippen LogP contribution in [0.5, 0.6) is 11.5 Å². The van der Waals surface area contributed by atoms with Crippen molar-refractivity contribution in [2.24, 2.45) is 0 Å². The zero-order valence-electron chi connectivity index (χ0n) is 40.3. The molecule has 0 fully saturated rings. The van der Waals surface area contributed by atoms with Crippen molar-refractivity contribution in [1.29, 1.82) is 0 Å². The van der Waals surface area contributed by atoms with E-state index in [4.69, 9.17) is 44.3 Å². The summed E-state index contributed by atoms with van der Waals surface area (Å²) in [5, 5.41) is 32.5. The maximum atomic E-state index is 14.8. The van der Waals surface area contributed by atoms with Gasteiger partial charge in [-0.1, -0.05) is 150 Å². The number of para-hydroxylation sites is 1. The monoisotopic (exact) mass is 1070 g/mol. The molecule has 0 amide bonds. The molecule has 0 aliphatic carbocycles. The summed E-state index contributed by atoms with van der Waals surface area (Å²) in [5.74, 6) is 1.54. The van der Waals surface area contributed by atoms with Gasteiger partial charge in [-0.15, -0.1) is 0 Å². The predicted molar refractivity (Wildman–Crippen MR) is 302 cm³/mol. The van der Waals surface area contributed by atoms with Crippen LogP contribution in [0, 0.1) is 17.5 Å². The highest BCUT2D eigenvalue weighted by Gasteiger charge is 2.21. The molecule has 0 spiro atoms. The molecule has 0 aliphatic heterocycles. The molecule has 0 radical (unpaired) electrons. The van der Waals surface area contributed by atoms with E-state index in [0.29, 0.717) is 56.1 Å². The van der Waals surface area contributed by atoms with Gasteiger partial charge in [0.15, 0.2) is 34.9 Å². The minimum atomic E-state index is -0.519. The fourth-order valence-corrected chi connectivity index (χ4v) is 9.13. The van der Waals surface area contributed by atoms with E-state index in [1.807, 2.05) is 188 Å². The lowest BCUT2D eigenvalue weighted by atomic mass is 10.0. The number of aromatic amines is 3. The van der Waals surface area contributed by atoms with Gasteiger partial charge in [0, 0.05) is 56.0 Å². The molecule has 17 heteroatoms. The largest absolute Gasteiger partial charge is 0.497 e. The van der Waals surface area contributed by atoms with Crippen LogP contribution < -0.4 is 25.4 Å². The van der Waals surface area contributed by atoms with Crippen LogP contribution in [0.1, 0.15) is 0 Å². The van der Waals surface area contributed by atoms with Crippen molar-refractivity contribution in [2.45, 2.75) is 0 Å². The fourth-order valence-electron chi connectivity index (χ4n) is 8.36. The lowest BCUT2D eigenvalue weighted by Gasteiger charge is -2.09. The fraction of sp³-hybridized carbons (Fsp3) is 0.0339. The van der Waals surface area contributed by atoms with Crippen molar-refractivity contribution >= 4 is 102 Å². The number of H-pyrrole nitrogens is 3. The van der Waals surface area contributed by atoms with E-state index in [1.165, 1.54) is 0 Å². The predicted octanol–water partition coefficient (Wildman–Crippen LogP) is 17.3. The second kappa shape index (κ2) is 22.7. The highest BCUT2D eigenvalue weighted by molar-refractivity contribution is 6.35. The Bertz CT molecular complexity index is 3960. The third-order valence-electron chi connectivity index (χ3n) is 12.2. The Hall–Kier alpha value is -8.95. The minimum Gasteiger partial charge on any atom is -0.497 e. The third kappa shape index (κ3) is 10.7. The van der Waals surface area contributed by atoms with Gasteiger partial charge in [-0.3, -0.25) is 15.3 Å².